The lowest BCUT2D eigenvalue weighted by Crippen LogP contribution is -2.43. The molecule has 0 N–H and O–H groups in total. The van der Waals surface area contributed by atoms with Crippen LogP contribution in [0.25, 0.3) is 0 Å². The lowest BCUT2D eigenvalue weighted by atomic mass is 9.86. The summed E-state index contributed by atoms with van der Waals surface area (Å²) in [6, 6.07) is 0. The van der Waals surface area contributed by atoms with E-state index < -0.39 is 0 Å². The Bertz CT molecular complexity index is 309. The summed E-state index contributed by atoms with van der Waals surface area (Å²) >= 11 is 0. The third-order valence-electron chi connectivity index (χ3n) is 3.21. The highest BCUT2D eigenvalue weighted by atomic mass is 16.2. The van der Waals surface area contributed by atoms with E-state index in [4.69, 9.17) is 0 Å². The van der Waals surface area contributed by atoms with E-state index in [1.165, 1.54) is 26.2 Å². The molecule has 0 saturated carbocycles. The molecule has 0 fully saturated rings. The largest absolute Gasteiger partial charge is 0.319 e. The maximum atomic E-state index is 11.4. The summed E-state index contributed by atoms with van der Waals surface area (Å²) < 4.78 is 0. The molecule has 0 unspecified atom stereocenters. The van der Waals surface area contributed by atoms with E-state index in [0.29, 0.717) is 13.1 Å². The normalized spacial score (nSPS) is 10.7. The maximum absolute atomic E-state index is 11.4. The quantitative estimate of drug-likeness (QED) is 0.698. The Morgan fingerprint density at radius 1 is 1.06 bits per heavy atom. The summed E-state index contributed by atoms with van der Waals surface area (Å²) in [5.41, 5.74) is -0.181. The van der Waals surface area contributed by atoms with Crippen molar-refractivity contribution < 1.29 is 9.59 Å². The number of amides is 2. The highest BCUT2D eigenvalue weighted by Gasteiger charge is 2.28. The molecular weight excluding hydrogens is 228 g/mol. The summed E-state index contributed by atoms with van der Waals surface area (Å²) in [4.78, 5) is 26.0. The molecule has 0 aromatic carbocycles. The van der Waals surface area contributed by atoms with E-state index in [1.54, 1.807) is 9.80 Å². The van der Waals surface area contributed by atoms with Crippen LogP contribution in [-0.4, -0.2) is 34.7 Å². The van der Waals surface area contributed by atoms with Gasteiger partial charge in [-0.2, -0.15) is 0 Å². The monoisotopic (exact) mass is 252 g/mol. The molecule has 2 amide bonds. The fraction of sp³-hybridized carbons (Fsp3) is 0.571. The lowest BCUT2D eigenvalue weighted by Gasteiger charge is -2.36. The van der Waals surface area contributed by atoms with E-state index in [-0.39, 0.29) is 17.2 Å². The van der Waals surface area contributed by atoms with Gasteiger partial charge in [-0.15, -0.1) is 0 Å². The van der Waals surface area contributed by atoms with Crippen molar-refractivity contribution in [3.63, 3.8) is 0 Å². The second kappa shape index (κ2) is 6.99. The molecule has 0 aliphatic heterocycles. The number of hydrogen-bond acceptors (Lipinski definition) is 2. The predicted octanol–water partition coefficient (Wildman–Crippen LogP) is 2.39. The van der Waals surface area contributed by atoms with Crippen molar-refractivity contribution in [2.24, 2.45) is 5.41 Å². The van der Waals surface area contributed by atoms with Crippen LogP contribution in [0.4, 0.5) is 0 Å². The summed E-state index contributed by atoms with van der Waals surface area (Å²) in [5, 5.41) is 0. The van der Waals surface area contributed by atoms with Crippen LogP contribution in [0.2, 0.25) is 0 Å². The van der Waals surface area contributed by atoms with Gasteiger partial charge in [-0.25, -0.2) is 0 Å². The highest BCUT2D eigenvalue weighted by Crippen LogP contribution is 2.24. The van der Waals surface area contributed by atoms with Crippen LogP contribution in [0.15, 0.2) is 25.6 Å². The SMILES string of the molecule is C=CN(CC(C)(CC)CN(C=C)C(C)=O)C(C)=O. The van der Waals surface area contributed by atoms with Gasteiger partial charge in [0, 0.05) is 32.4 Å². The van der Waals surface area contributed by atoms with Crippen molar-refractivity contribution >= 4 is 11.8 Å². The summed E-state index contributed by atoms with van der Waals surface area (Å²) in [6.45, 7) is 15.5. The van der Waals surface area contributed by atoms with E-state index in [2.05, 4.69) is 13.2 Å². The average molecular weight is 252 g/mol. The van der Waals surface area contributed by atoms with Crippen LogP contribution in [0.5, 0.6) is 0 Å². The zero-order chi connectivity index (χ0) is 14.3. The molecule has 0 rings (SSSR count). The molecule has 0 heterocycles. The van der Waals surface area contributed by atoms with E-state index >= 15 is 0 Å². The minimum Gasteiger partial charge on any atom is -0.319 e. The van der Waals surface area contributed by atoms with E-state index in [1.807, 2.05) is 13.8 Å². The molecule has 0 aliphatic rings. The van der Waals surface area contributed by atoms with Crippen molar-refractivity contribution in [3.8, 4) is 0 Å². The van der Waals surface area contributed by atoms with Gasteiger partial charge in [0.05, 0.1) is 0 Å². The van der Waals surface area contributed by atoms with Gasteiger partial charge in [0.2, 0.25) is 11.8 Å². The number of carbonyl (C=O) groups is 2. The number of nitrogens with zero attached hydrogens (tertiary/aromatic N) is 2. The second-order valence-corrected chi connectivity index (χ2v) is 4.82. The van der Waals surface area contributed by atoms with Crippen molar-refractivity contribution in [3.05, 3.63) is 25.6 Å². The van der Waals surface area contributed by atoms with Crippen LogP contribution in [-0.2, 0) is 9.59 Å². The molecule has 0 bridgehead atoms. The minimum absolute atomic E-state index is 0.0438. The zero-order valence-corrected chi connectivity index (χ0v) is 11.9. The number of rotatable bonds is 7. The highest BCUT2D eigenvalue weighted by molar-refractivity contribution is 5.75. The molecule has 102 valence electrons. The summed E-state index contributed by atoms with van der Waals surface area (Å²) in [7, 11) is 0. The molecule has 0 spiro atoms. The second-order valence-electron chi connectivity index (χ2n) is 4.82. The first kappa shape index (κ1) is 16.4. The molecule has 4 nitrogen and oxygen atoms in total. The Labute approximate surface area is 110 Å². The Morgan fingerprint density at radius 3 is 1.56 bits per heavy atom. The van der Waals surface area contributed by atoms with Crippen LogP contribution >= 0.6 is 0 Å². The van der Waals surface area contributed by atoms with E-state index in [0.717, 1.165) is 6.42 Å². The molecule has 18 heavy (non-hydrogen) atoms. The van der Waals surface area contributed by atoms with Gasteiger partial charge in [-0.05, 0) is 18.8 Å². The first-order chi connectivity index (χ1) is 8.29. The minimum atomic E-state index is -0.181. The van der Waals surface area contributed by atoms with Gasteiger partial charge in [0.25, 0.3) is 0 Å². The zero-order valence-electron chi connectivity index (χ0n) is 11.9. The van der Waals surface area contributed by atoms with Crippen LogP contribution in [0.1, 0.15) is 34.1 Å². The molecule has 0 atom stereocenters. The Kier molecular flexibility index (Phi) is 6.37. The Balaban J connectivity index is 4.89. The standard InChI is InChI=1S/C14H24N2O2/c1-7-14(6,10-15(8-2)12(4)17)11-16(9-3)13(5)18/h8-9H,2-3,7,10-11H2,1,4-6H3. The van der Waals surface area contributed by atoms with Gasteiger partial charge in [-0.1, -0.05) is 27.0 Å². The Hall–Kier alpha value is -1.58. The van der Waals surface area contributed by atoms with Crippen molar-refractivity contribution in [1.29, 1.82) is 0 Å². The topological polar surface area (TPSA) is 40.6 Å². The van der Waals surface area contributed by atoms with Crippen molar-refractivity contribution in [1.82, 2.24) is 9.80 Å². The van der Waals surface area contributed by atoms with Gasteiger partial charge < -0.3 is 9.80 Å². The molecule has 0 saturated heterocycles. The maximum Gasteiger partial charge on any atom is 0.223 e. The molecule has 0 aliphatic carbocycles. The van der Waals surface area contributed by atoms with Crippen LogP contribution < -0.4 is 0 Å². The van der Waals surface area contributed by atoms with Crippen LogP contribution in [0, 0.1) is 5.41 Å². The fourth-order valence-corrected chi connectivity index (χ4v) is 1.70. The third-order valence-corrected chi connectivity index (χ3v) is 3.21. The van der Waals surface area contributed by atoms with Crippen LogP contribution in [0.3, 0.4) is 0 Å². The average Bonchev–Trinajstić information content (AvgIpc) is 2.32. The van der Waals surface area contributed by atoms with Gasteiger partial charge in [0.1, 0.15) is 0 Å². The van der Waals surface area contributed by atoms with E-state index in [9.17, 15) is 9.59 Å². The van der Waals surface area contributed by atoms with Crippen molar-refractivity contribution in [2.75, 3.05) is 13.1 Å². The molecular formula is C14H24N2O2. The first-order valence-corrected chi connectivity index (χ1v) is 6.09. The smallest absolute Gasteiger partial charge is 0.223 e. The molecule has 4 heteroatoms. The van der Waals surface area contributed by atoms with Gasteiger partial charge in [-0.3, -0.25) is 9.59 Å². The first-order valence-electron chi connectivity index (χ1n) is 6.09. The molecule has 0 radical (unpaired) electrons. The van der Waals surface area contributed by atoms with Crippen molar-refractivity contribution in [2.45, 2.75) is 34.1 Å². The van der Waals surface area contributed by atoms with Gasteiger partial charge >= 0.3 is 0 Å². The third kappa shape index (κ3) is 4.73. The Morgan fingerprint density at radius 2 is 1.39 bits per heavy atom. The fourth-order valence-electron chi connectivity index (χ4n) is 1.70. The number of hydrogen-bond donors (Lipinski definition) is 0. The summed E-state index contributed by atoms with van der Waals surface area (Å²) in [6.07, 6.45) is 3.91. The molecule has 0 aromatic rings. The molecule has 0 aromatic heterocycles. The lowest BCUT2D eigenvalue weighted by molar-refractivity contribution is -0.129. The summed E-state index contributed by atoms with van der Waals surface area (Å²) in [5.74, 6) is -0.0877. The number of carbonyl (C=O) groups excluding carboxylic acids is 2. The van der Waals surface area contributed by atoms with Gasteiger partial charge in [0.15, 0.2) is 0 Å². The predicted molar refractivity (Wildman–Crippen MR) is 73.6 cm³/mol.